The van der Waals surface area contributed by atoms with Crippen molar-refractivity contribution < 1.29 is 14.3 Å². The first-order valence-corrected chi connectivity index (χ1v) is 5.81. The second-order valence-electron chi connectivity index (χ2n) is 3.93. The van der Waals surface area contributed by atoms with Crippen LogP contribution in [0, 0.1) is 0 Å². The van der Waals surface area contributed by atoms with E-state index in [0.29, 0.717) is 17.1 Å². The molecule has 1 aromatic heterocycles. The van der Waals surface area contributed by atoms with Crippen LogP contribution in [-0.4, -0.2) is 29.6 Å². The molecule has 0 spiro atoms. The van der Waals surface area contributed by atoms with Gasteiger partial charge >= 0.3 is 6.09 Å². The van der Waals surface area contributed by atoms with Gasteiger partial charge in [0.05, 0.1) is 23.5 Å². The maximum atomic E-state index is 11.8. The number of piperidine rings is 1. The lowest BCUT2D eigenvalue weighted by molar-refractivity contribution is -0.121. The van der Waals surface area contributed by atoms with Gasteiger partial charge in [0.1, 0.15) is 6.10 Å². The van der Waals surface area contributed by atoms with Gasteiger partial charge in [0.25, 0.3) is 0 Å². The van der Waals surface area contributed by atoms with Crippen molar-refractivity contribution in [2.24, 2.45) is 5.73 Å². The van der Waals surface area contributed by atoms with Crippen LogP contribution in [0.5, 0.6) is 0 Å². The van der Waals surface area contributed by atoms with Crippen molar-refractivity contribution in [3.8, 4) is 0 Å². The molecule has 1 aromatic rings. The predicted molar refractivity (Wildman–Crippen MR) is 65.3 cm³/mol. The van der Waals surface area contributed by atoms with Crippen LogP contribution >= 0.6 is 11.6 Å². The van der Waals surface area contributed by atoms with Gasteiger partial charge < -0.3 is 15.4 Å². The number of amides is 2. The third-order valence-corrected chi connectivity index (χ3v) is 3.01. The summed E-state index contributed by atoms with van der Waals surface area (Å²) in [5.74, 6) is -0.0748. The standard InChI is InChI=1S/C11H12ClN3O3/c12-8-3-4-14-5-9(8)15-6-7(18-11(13)17)1-2-10(15)16/h3-5,7H,1-2,6H2,(H2,13,17). The third-order valence-electron chi connectivity index (χ3n) is 2.69. The Labute approximate surface area is 109 Å². The first-order valence-electron chi connectivity index (χ1n) is 5.44. The Hall–Kier alpha value is -1.82. The highest BCUT2D eigenvalue weighted by Gasteiger charge is 2.29. The fourth-order valence-electron chi connectivity index (χ4n) is 1.88. The minimum absolute atomic E-state index is 0.0748. The summed E-state index contributed by atoms with van der Waals surface area (Å²) in [6, 6.07) is 1.60. The molecule has 2 N–H and O–H groups in total. The van der Waals surface area contributed by atoms with Crippen LogP contribution in [0.15, 0.2) is 18.5 Å². The molecule has 0 bridgehead atoms. The molecule has 0 aliphatic carbocycles. The van der Waals surface area contributed by atoms with E-state index in [1.54, 1.807) is 6.07 Å². The van der Waals surface area contributed by atoms with Gasteiger partial charge in [0.15, 0.2) is 0 Å². The first kappa shape index (κ1) is 12.6. The summed E-state index contributed by atoms with van der Waals surface area (Å²) >= 11 is 6.01. The molecule has 7 heteroatoms. The van der Waals surface area contributed by atoms with Crippen LogP contribution in [0.2, 0.25) is 5.02 Å². The summed E-state index contributed by atoms with van der Waals surface area (Å²) in [7, 11) is 0. The number of hydrogen-bond donors (Lipinski definition) is 1. The molecule has 18 heavy (non-hydrogen) atoms. The molecule has 1 atom stereocenters. The SMILES string of the molecule is NC(=O)OC1CCC(=O)N(c2cnccc2Cl)C1. The summed E-state index contributed by atoms with van der Waals surface area (Å²) in [5, 5.41) is 0.429. The van der Waals surface area contributed by atoms with E-state index in [1.807, 2.05) is 0 Å². The fourth-order valence-corrected chi connectivity index (χ4v) is 2.08. The van der Waals surface area contributed by atoms with Crippen molar-refractivity contribution in [3.63, 3.8) is 0 Å². The number of carbonyl (C=O) groups is 2. The quantitative estimate of drug-likeness (QED) is 0.877. The molecule has 1 saturated heterocycles. The van der Waals surface area contributed by atoms with Gasteiger partial charge in [0, 0.05) is 12.6 Å². The Balaban J connectivity index is 2.18. The smallest absolute Gasteiger partial charge is 0.404 e. The molecule has 0 saturated carbocycles. The van der Waals surface area contributed by atoms with Crippen molar-refractivity contribution >= 4 is 29.3 Å². The summed E-state index contributed by atoms with van der Waals surface area (Å²) in [6.45, 7) is 0.243. The number of carbonyl (C=O) groups excluding carboxylic acids is 2. The van der Waals surface area contributed by atoms with Gasteiger partial charge in [0.2, 0.25) is 5.91 Å². The van der Waals surface area contributed by atoms with Crippen LogP contribution < -0.4 is 10.6 Å². The number of ether oxygens (including phenoxy) is 1. The maximum Gasteiger partial charge on any atom is 0.404 e. The fraction of sp³-hybridized carbons (Fsp3) is 0.364. The van der Waals surface area contributed by atoms with Crippen molar-refractivity contribution in [3.05, 3.63) is 23.5 Å². The van der Waals surface area contributed by atoms with E-state index in [4.69, 9.17) is 22.1 Å². The molecular weight excluding hydrogens is 258 g/mol. The van der Waals surface area contributed by atoms with Gasteiger partial charge in [-0.25, -0.2) is 4.79 Å². The number of halogens is 1. The number of nitrogens with two attached hydrogens (primary N) is 1. The molecule has 2 amide bonds. The van der Waals surface area contributed by atoms with Crippen molar-refractivity contribution in [1.29, 1.82) is 0 Å². The number of nitrogens with zero attached hydrogens (tertiary/aromatic N) is 2. The third kappa shape index (κ3) is 2.70. The van der Waals surface area contributed by atoms with Crippen LogP contribution in [0.3, 0.4) is 0 Å². The first-order chi connectivity index (χ1) is 8.58. The van der Waals surface area contributed by atoms with Crippen LogP contribution in [0.25, 0.3) is 0 Å². The zero-order chi connectivity index (χ0) is 13.1. The molecule has 0 aromatic carbocycles. The Morgan fingerprint density at radius 1 is 1.61 bits per heavy atom. The molecular formula is C11H12ClN3O3. The molecule has 2 heterocycles. The minimum atomic E-state index is -0.841. The van der Waals surface area contributed by atoms with Gasteiger partial charge in [-0.1, -0.05) is 11.6 Å². The molecule has 1 unspecified atom stereocenters. The van der Waals surface area contributed by atoms with E-state index in [1.165, 1.54) is 17.3 Å². The molecule has 2 rings (SSSR count). The van der Waals surface area contributed by atoms with E-state index < -0.39 is 12.2 Å². The average Bonchev–Trinajstić information content (AvgIpc) is 2.32. The van der Waals surface area contributed by atoms with E-state index in [9.17, 15) is 9.59 Å². The molecule has 0 radical (unpaired) electrons. The highest BCUT2D eigenvalue weighted by molar-refractivity contribution is 6.33. The lowest BCUT2D eigenvalue weighted by Gasteiger charge is -2.32. The van der Waals surface area contributed by atoms with E-state index in [2.05, 4.69) is 4.98 Å². The molecule has 1 fully saturated rings. The van der Waals surface area contributed by atoms with E-state index in [-0.39, 0.29) is 18.9 Å². The van der Waals surface area contributed by atoms with Crippen molar-refractivity contribution in [2.45, 2.75) is 18.9 Å². The number of rotatable bonds is 2. The van der Waals surface area contributed by atoms with Crippen LogP contribution in [0.4, 0.5) is 10.5 Å². The number of aromatic nitrogens is 1. The zero-order valence-corrected chi connectivity index (χ0v) is 10.3. The number of anilines is 1. The largest absolute Gasteiger partial charge is 0.444 e. The van der Waals surface area contributed by atoms with E-state index in [0.717, 1.165) is 0 Å². The Morgan fingerprint density at radius 3 is 3.06 bits per heavy atom. The van der Waals surface area contributed by atoms with Crippen LogP contribution in [-0.2, 0) is 9.53 Å². The monoisotopic (exact) mass is 269 g/mol. The Kier molecular flexibility index (Phi) is 3.66. The molecule has 1 aliphatic rings. The minimum Gasteiger partial charge on any atom is -0.444 e. The lowest BCUT2D eigenvalue weighted by Crippen LogP contribution is -2.45. The summed E-state index contributed by atoms with van der Waals surface area (Å²) in [6.07, 6.45) is 2.55. The average molecular weight is 270 g/mol. The number of hydrogen-bond acceptors (Lipinski definition) is 4. The lowest BCUT2D eigenvalue weighted by atomic mass is 10.1. The van der Waals surface area contributed by atoms with Crippen molar-refractivity contribution in [2.75, 3.05) is 11.4 Å². The van der Waals surface area contributed by atoms with Gasteiger partial charge in [-0.2, -0.15) is 0 Å². The normalized spacial score (nSPS) is 19.7. The zero-order valence-electron chi connectivity index (χ0n) is 9.51. The van der Waals surface area contributed by atoms with Gasteiger partial charge in [-0.3, -0.25) is 9.78 Å². The topological polar surface area (TPSA) is 85.5 Å². The molecule has 1 aliphatic heterocycles. The second-order valence-corrected chi connectivity index (χ2v) is 4.34. The molecule has 6 nitrogen and oxygen atoms in total. The summed E-state index contributed by atoms with van der Waals surface area (Å²) < 4.78 is 4.91. The maximum absolute atomic E-state index is 11.8. The second kappa shape index (κ2) is 5.22. The summed E-state index contributed by atoms with van der Waals surface area (Å²) in [4.78, 5) is 28.0. The Morgan fingerprint density at radius 2 is 2.39 bits per heavy atom. The highest BCUT2D eigenvalue weighted by atomic mass is 35.5. The Bertz CT molecular complexity index is 480. The number of pyridine rings is 1. The highest BCUT2D eigenvalue weighted by Crippen LogP contribution is 2.28. The van der Waals surface area contributed by atoms with Crippen molar-refractivity contribution in [1.82, 2.24) is 4.98 Å². The van der Waals surface area contributed by atoms with Gasteiger partial charge in [-0.15, -0.1) is 0 Å². The molecule has 96 valence electrons. The predicted octanol–water partition coefficient (Wildman–Crippen LogP) is 1.33. The summed E-state index contributed by atoms with van der Waals surface area (Å²) in [5.41, 5.74) is 5.48. The van der Waals surface area contributed by atoms with Gasteiger partial charge in [-0.05, 0) is 12.5 Å². The van der Waals surface area contributed by atoms with E-state index >= 15 is 0 Å². The number of primary amides is 1. The van der Waals surface area contributed by atoms with Crippen LogP contribution in [0.1, 0.15) is 12.8 Å².